The first-order valence-electron chi connectivity index (χ1n) is 4.63. The van der Waals surface area contributed by atoms with E-state index in [0.717, 1.165) is 12.8 Å². The Balaban J connectivity index is 2.73. The van der Waals surface area contributed by atoms with Crippen LogP contribution in [0.3, 0.4) is 0 Å². The van der Waals surface area contributed by atoms with Gasteiger partial charge in [0.2, 0.25) is 6.41 Å². The Labute approximate surface area is 77.5 Å². The lowest BCUT2D eigenvalue weighted by Crippen LogP contribution is -2.58. The van der Waals surface area contributed by atoms with Crippen molar-refractivity contribution in [2.75, 3.05) is 6.54 Å². The van der Waals surface area contributed by atoms with Crippen LogP contribution in [0.15, 0.2) is 0 Å². The van der Waals surface area contributed by atoms with Crippen molar-refractivity contribution in [3.8, 4) is 0 Å². The molecule has 0 unspecified atom stereocenters. The van der Waals surface area contributed by atoms with Crippen molar-refractivity contribution in [3.05, 3.63) is 0 Å². The third-order valence-electron chi connectivity index (χ3n) is 2.72. The zero-order valence-corrected chi connectivity index (χ0v) is 7.82. The molecule has 1 fully saturated rings. The highest BCUT2D eigenvalue weighted by atomic mass is 16.4. The van der Waals surface area contributed by atoms with Crippen molar-refractivity contribution in [1.29, 1.82) is 0 Å². The van der Waals surface area contributed by atoms with Crippen molar-refractivity contribution in [1.82, 2.24) is 4.90 Å². The number of amides is 1. The normalized spacial score (nSPS) is 18.8. The second-order valence-corrected chi connectivity index (χ2v) is 3.49. The highest BCUT2D eigenvalue weighted by molar-refractivity contribution is 5.82. The first-order chi connectivity index (χ1) is 6.17. The largest absolute Gasteiger partial charge is 0.479 e. The standard InChI is InChI=1S/C9H15NO3/c1-2-6-10(7-11)9(8(12)13)4-3-5-9/h7H,2-6H2,1H3,(H,12,13). The Morgan fingerprint density at radius 3 is 2.46 bits per heavy atom. The minimum absolute atomic E-state index is 0.538. The monoisotopic (exact) mass is 185 g/mol. The summed E-state index contributed by atoms with van der Waals surface area (Å²) < 4.78 is 0. The fourth-order valence-corrected chi connectivity index (χ4v) is 1.74. The topological polar surface area (TPSA) is 57.6 Å². The van der Waals surface area contributed by atoms with Crippen LogP contribution in [0.5, 0.6) is 0 Å². The molecule has 13 heavy (non-hydrogen) atoms. The number of nitrogens with zero attached hydrogens (tertiary/aromatic N) is 1. The zero-order valence-electron chi connectivity index (χ0n) is 7.82. The quantitative estimate of drug-likeness (QED) is 0.646. The first-order valence-corrected chi connectivity index (χ1v) is 4.63. The number of carboxylic acids is 1. The number of carboxylic acid groups (broad SMARTS) is 1. The molecule has 0 heterocycles. The lowest BCUT2D eigenvalue weighted by atomic mass is 9.75. The first kappa shape index (κ1) is 10.0. The Morgan fingerprint density at radius 2 is 2.23 bits per heavy atom. The van der Waals surface area contributed by atoms with Gasteiger partial charge in [0.15, 0.2) is 0 Å². The van der Waals surface area contributed by atoms with E-state index in [1.54, 1.807) is 0 Å². The minimum atomic E-state index is -0.877. The van der Waals surface area contributed by atoms with Gasteiger partial charge in [0, 0.05) is 6.54 Å². The molecule has 0 aliphatic heterocycles. The third kappa shape index (κ3) is 1.53. The lowest BCUT2D eigenvalue weighted by Gasteiger charge is -2.44. The molecule has 0 aromatic carbocycles. The number of carbonyl (C=O) groups excluding carboxylic acids is 1. The fourth-order valence-electron chi connectivity index (χ4n) is 1.74. The van der Waals surface area contributed by atoms with Gasteiger partial charge < -0.3 is 10.0 Å². The maximum absolute atomic E-state index is 11.0. The summed E-state index contributed by atoms with van der Waals surface area (Å²) in [6.45, 7) is 2.47. The van der Waals surface area contributed by atoms with E-state index in [9.17, 15) is 9.59 Å². The summed E-state index contributed by atoms with van der Waals surface area (Å²) >= 11 is 0. The number of hydrogen-bond donors (Lipinski definition) is 1. The average molecular weight is 185 g/mol. The van der Waals surface area contributed by atoms with Crippen LogP contribution in [-0.4, -0.2) is 34.5 Å². The van der Waals surface area contributed by atoms with Gasteiger partial charge in [-0.25, -0.2) is 4.79 Å². The SMILES string of the molecule is CCCN(C=O)C1(C(=O)O)CCC1. The van der Waals surface area contributed by atoms with Crippen molar-refractivity contribution in [3.63, 3.8) is 0 Å². The van der Waals surface area contributed by atoms with Crippen LogP contribution in [0, 0.1) is 0 Å². The maximum atomic E-state index is 11.0. The molecule has 0 atom stereocenters. The van der Waals surface area contributed by atoms with Crippen molar-refractivity contribution < 1.29 is 14.7 Å². The number of hydrogen-bond acceptors (Lipinski definition) is 2. The Hall–Kier alpha value is -1.06. The molecule has 0 spiro atoms. The van der Waals surface area contributed by atoms with E-state index < -0.39 is 11.5 Å². The molecular weight excluding hydrogens is 170 g/mol. The van der Waals surface area contributed by atoms with E-state index in [1.165, 1.54) is 4.90 Å². The predicted octanol–water partition coefficient (Wildman–Crippen LogP) is 0.862. The van der Waals surface area contributed by atoms with Crippen molar-refractivity contribution >= 4 is 12.4 Å². The molecule has 4 heteroatoms. The van der Waals surface area contributed by atoms with E-state index in [4.69, 9.17) is 5.11 Å². The highest BCUT2D eigenvalue weighted by Crippen LogP contribution is 2.37. The molecule has 1 rings (SSSR count). The van der Waals surface area contributed by atoms with Gasteiger partial charge in [-0.3, -0.25) is 4.79 Å². The lowest BCUT2D eigenvalue weighted by molar-refractivity contribution is -0.161. The zero-order chi connectivity index (χ0) is 9.90. The van der Waals surface area contributed by atoms with Crippen LogP contribution in [0.4, 0.5) is 0 Å². The summed E-state index contributed by atoms with van der Waals surface area (Å²) in [5, 5.41) is 9.01. The Morgan fingerprint density at radius 1 is 1.62 bits per heavy atom. The van der Waals surface area contributed by atoms with Gasteiger partial charge in [0.05, 0.1) is 0 Å². The van der Waals surface area contributed by atoms with Gasteiger partial charge in [0.1, 0.15) is 5.54 Å². The molecule has 1 amide bonds. The molecule has 0 bridgehead atoms. The molecule has 1 saturated carbocycles. The van der Waals surface area contributed by atoms with Crippen LogP contribution in [0.2, 0.25) is 0 Å². The molecule has 4 nitrogen and oxygen atoms in total. The van der Waals surface area contributed by atoms with Gasteiger partial charge >= 0.3 is 5.97 Å². The van der Waals surface area contributed by atoms with Gasteiger partial charge in [-0.05, 0) is 25.7 Å². The third-order valence-corrected chi connectivity index (χ3v) is 2.72. The van der Waals surface area contributed by atoms with Crippen LogP contribution in [0.25, 0.3) is 0 Å². The van der Waals surface area contributed by atoms with Crippen LogP contribution in [0.1, 0.15) is 32.6 Å². The van der Waals surface area contributed by atoms with Gasteiger partial charge in [-0.15, -0.1) is 0 Å². The molecule has 0 aromatic rings. The van der Waals surface area contributed by atoms with Crippen LogP contribution < -0.4 is 0 Å². The van der Waals surface area contributed by atoms with E-state index >= 15 is 0 Å². The second-order valence-electron chi connectivity index (χ2n) is 3.49. The van der Waals surface area contributed by atoms with E-state index in [1.807, 2.05) is 6.92 Å². The highest BCUT2D eigenvalue weighted by Gasteiger charge is 2.48. The van der Waals surface area contributed by atoms with Crippen LogP contribution >= 0.6 is 0 Å². The van der Waals surface area contributed by atoms with E-state index in [-0.39, 0.29) is 0 Å². The number of carbonyl (C=O) groups is 2. The number of aliphatic carboxylic acids is 1. The summed E-state index contributed by atoms with van der Waals surface area (Å²) in [7, 11) is 0. The molecule has 1 N–H and O–H groups in total. The molecule has 0 aromatic heterocycles. The Bertz CT molecular complexity index is 211. The fraction of sp³-hybridized carbons (Fsp3) is 0.778. The van der Waals surface area contributed by atoms with Crippen LogP contribution in [-0.2, 0) is 9.59 Å². The maximum Gasteiger partial charge on any atom is 0.329 e. The minimum Gasteiger partial charge on any atom is -0.479 e. The summed E-state index contributed by atoms with van der Waals surface area (Å²) in [4.78, 5) is 23.1. The summed E-state index contributed by atoms with van der Waals surface area (Å²) in [5.74, 6) is -0.862. The van der Waals surface area contributed by atoms with Crippen molar-refractivity contribution in [2.45, 2.75) is 38.1 Å². The molecule has 74 valence electrons. The van der Waals surface area contributed by atoms with Gasteiger partial charge in [-0.1, -0.05) is 6.92 Å². The molecule has 1 aliphatic carbocycles. The van der Waals surface area contributed by atoms with Gasteiger partial charge in [-0.2, -0.15) is 0 Å². The summed E-state index contributed by atoms with van der Waals surface area (Å²) in [6, 6.07) is 0. The second kappa shape index (κ2) is 3.77. The van der Waals surface area contributed by atoms with E-state index in [0.29, 0.717) is 25.8 Å². The van der Waals surface area contributed by atoms with Crippen molar-refractivity contribution in [2.24, 2.45) is 0 Å². The molecule has 0 saturated heterocycles. The smallest absolute Gasteiger partial charge is 0.329 e. The van der Waals surface area contributed by atoms with E-state index in [2.05, 4.69) is 0 Å². The average Bonchev–Trinajstić information content (AvgIpc) is 2.00. The Kier molecular flexibility index (Phi) is 2.90. The summed E-state index contributed by atoms with van der Waals surface area (Å²) in [6.07, 6.45) is 3.56. The number of rotatable bonds is 5. The van der Waals surface area contributed by atoms with Gasteiger partial charge in [0.25, 0.3) is 0 Å². The summed E-state index contributed by atoms with van der Waals surface area (Å²) in [5.41, 5.74) is -0.877. The molecule has 1 aliphatic rings. The molecule has 0 radical (unpaired) electrons. The predicted molar refractivity (Wildman–Crippen MR) is 47.3 cm³/mol. The molecular formula is C9H15NO3.